The van der Waals surface area contributed by atoms with Crippen LogP contribution in [0, 0.1) is 0 Å². The van der Waals surface area contributed by atoms with E-state index in [0.717, 1.165) is 10.1 Å². The van der Waals surface area contributed by atoms with Crippen LogP contribution >= 0.6 is 11.8 Å². The van der Waals surface area contributed by atoms with E-state index in [2.05, 4.69) is 0 Å². The molecule has 0 saturated carbocycles. The molecule has 0 spiro atoms. The minimum absolute atomic E-state index is 0. The molecule has 0 aliphatic rings. The molecule has 1 aromatic rings. The van der Waals surface area contributed by atoms with Crippen LogP contribution in [0.5, 0.6) is 0 Å². The SMILES string of the molecule is CN(C)C(Sc1ccccc1C(=O)O)=[N+](C)C.[I-]. The number of hydrogen-bond donors (Lipinski definition) is 1. The Hall–Kier alpha value is -0.760. The minimum atomic E-state index is -0.898. The van der Waals surface area contributed by atoms with Crippen molar-refractivity contribution in [1.82, 2.24) is 4.90 Å². The minimum Gasteiger partial charge on any atom is -1.00 e. The van der Waals surface area contributed by atoms with Crippen LogP contribution in [0.2, 0.25) is 0 Å². The highest BCUT2D eigenvalue weighted by Gasteiger charge is 2.18. The number of nitrogens with zero attached hydrogens (tertiary/aromatic N) is 2. The molecule has 4 nitrogen and oxygen atoms in total. The van der Waals surface area contributed by atoms with Crippen molar-refractivity contribution in [3.63, 3.8) is 0 Å². The van der Waals surface area contributed by atoms with Gasteiger partial charge in [-0.15, -0.1) is 0 Å². The number of carboxylic acid groups (broad SMARTS) is 1. The fourth-order valence-corrected chi connectivity index (χ4v) is 2.39. The Balaban J connectivity index is 0.00000289. The molecule has 1 rings (SSSR count). The molecule has 6 heteroatoms. The van der Waals surface area contributed by atoms with Crippen molar-refractivity contribution in [1.29, 1.82) is 0 Å². The van der Waals surface area contributed by atoms with Crippen LogP contribution in [0.4, 0.5) is 0 Å². The second-order valence-electron chi connectivity index (χ2n) is 3.97. The first-order chi connectivity index (χ1) is 7.93. The van der Waals surface area contributed by atoms with Crippen molar-refractivity contribution in [2.24, 2.45) is 0 Å². The average Bonchev–Trinajstić information content (AvgIpc) is 2.25. The molecule has 0 aromatic heterocycles. The molecule has 0 amide bonds. The quantitative estimate of drug-likeness (QED) is 0.227. The molecule has 18 heavy (non-hydrogen) atoms. The molecule has 1 N–H and O–H groups in total. The van der Waals surface area contributed by atoms with Crippen molar-refractivity contribution in [2.45, 2.75) is 4.90 Å². The Morgan fingerprint density at radius 1 is 1.28 bits per heavy atom. The van der Waals surface area contributed by atoms with Crippen LogP contribution in [0.1, 0.15) is 10.4 Å². The molecular weight excluding hydrogens is 363 g/mol. The number of halogens is 1. The van der Waals surface area contributed by atoms with Gasteiger partial charge in [-0.25, -0.2) is 4.79 Å². The van der Waals surface area contributed by atoms with Crippen LogP contribution in [0.3, 0.4) is 0 Å². The average molecular weight is 380 g/mol. The summed E-state index contributed by atoms with van der Waals surface area (Å²) >= 11 is 1.45. The summed E-state index contributed by atoms with van der Waals surface area (Å²) in [6.07, 6.45) is 0. The number of hydrogen-bond acceptors (Lipinski definition) is 2. The third-order valence-electron chi connectivity index (χ3n) is 2.08. The van der Waals surface area contributed by atoms with Crippen molar-refractivity contribution in [3.8, 4) is 0 Å². The Bertz CT molecular complexity index is 457. The van der Waals surface area contributed by atoms with E-state index in [4.69, 9.17) is 5.11 Å². The second-order valence-corrected chi connectivity index (χ2v) is 4.98. The first-order valence-corrected chi connectivity index (χ1v) is 5.97. The topological polar surface area (TPSA) is 43.6 Å². The molecule has 0 aliphatic heterocycles. The maximum atomic E-state index is 11.1. The van der Waals surface area contributed by atoms with E-state index in [1.807, 2.05) is 49.8 Å². The van der Waals surface area contributed by atoms with Crippen LogP contribution < -0.4 is 24.0 Å². The van der Waals surface area contributed by atoms with Gasteiger partial charge in [0.05, 0.1) is 33.8 Å². The third kappa shape index (κ3) is 4.49. The molecule has 0 atom stereocenters. The first-order valence-electron chi connectivity index (χ1n) is 5.15. The molecule has 1 aromatic carbocycles. The summed E-state index contributed by atoms with van der Waals surface area (Å²) in [5.41, 5.74) is 0.332. The van der Waals surface area contributed by atoms with Gasteiger partial charge in [-0.05, 0) is 23.9 Å². The highest BCUT2D eigenvalue weighted by atomic mass is 127. The zero-order chi connectivity index (χ0) is 13.0. The van der Waals surface area contributed by atoms with Crippen molar-refractivity contribution >= 4 is 22.9 Å². The van der Waals surface area contributed by atoms with Gasteiger partial charge in [0.15, 0.2) is 0 Å². The maximum Gasteiger partial charge on any atom is 0.336 e. The van der Waals surface area contributed by atoms with E-state index in [0.29, 0.717) is 5.56 Å². The van der Waals surface area contributed by atoms with E-state index in [-0.39, 0.29) is 24.0 Å². The molecule has 0 fully saturated rings. The molecule has 0 saturated heterocycles. The van der Waals surface area contributed by atoms with E-state index in [1.54, 1.807) is 12.1 Å². The maximum absolute atomic E-state index is 11.1. The van der Waals surface area contributed by atoms with Gasteiger partial charge in [-0.1, -0.05) is 12.1 Å². The largest absolute Gasteiger partial charge is 1.00 e. The Labute approximate surface area is 129 Å². The van der Waals surface area contributed by atoms with Crippen molar-refractivity contribution < 1.29 is 38.5 Å². The number of aromatic carboxylic acids is 1. The summed E-state index contributed by atoms with van der Waals surface area (Å²) in [5, 5.41) is 10.1. The summed E-state index contributed by atoms with van der Waals surface area (Å²) in [5.74, 6) is -0.898. The fourth-order valence-electron chi connectivity index (χ4n) is 1.41. The smallest absolute Gasteiger partial charge is 0.336 e. The molecule has 0 heterocycles. The lowest BCUT2D eigenvalue weighted by Gasteiger charge is -2.11. The van der Waals surface area contributed by atoms with Gasteiger partial charge in [0.1, 0.15) is 0 Å². The van der Waals surface area contributed by atoms with E-state index in [1.165, 1.54) is 11.8 Å². The Morgan fingerprint density at radius 3 is 2.28 bits per heavy atom. The van der Waals surface area contributed by atoms with Crippen LogP contribution in [0.25, 0.3) is 0 Å². The summed E-state index contributed by atoms with van der Waals surface area (Å²) in [4.78, 5) is 13.8. The van der Waals surface area contributed by atoms with Crippen molar-refractivity contribution in [3.05, 3.63) is 29.8 Å². The summed E-state index contributed by atoms with van der Waals surface area (Å²) in [6.45, 7) is 0. The first kappa shape index (κ1) is 17.2. The highest BCUT2D eigenvalue weighted by Crippen LogP contribution is 2.24. The third-order valence-corrected chi connectivity index (χ3v) is 3.57. The van der Waals surface area contributed by atoms with Crippen LogP contribution in [-0.2, 0) is 0 Å². The molecule has 0 unspecified atom stereocenters. The van der Waals surface area contributed by atoms with Gasteiger partial charge in [-0.2, -0.15) is 0 Å². The normalized spacial score (nSPS) is 9.33. The lowest BCUT2D eigenvalue weighted by atomic mass is 10.2. The number of benzene rings is 1. The zero-order valence-electron chi connectivity index (χ0n) is 10.8. The van der Waals surface area contributed by atoms with E-state index < -0.39 is 5.97 Å². The van der Waals surface area contributed by atoms with Crippen molar-refractivity contribution in [2.75, 3.05) is 28.2 Å². The lowest BCUT2D eigenvalue weighted by molar-refractivity contribution is -0.466. The zero-order valence-corrected chi connectivity index (χ0v) is 13.8. The summed E-state index contributed by atoms with van der Waals surface area (Å²) in [6, 6.07) is 7.02. The highest BCUT2D eigenvalue weighted by molar-refractivity contribution is 8.13. The van der Waals surface area contributed by atoms with Crippen LogP contribution in [0.15, 0.2) is 29.2 Å². The molecule has 0 radical (unpaired) electrons. The predicted molar refractivity (Wildman–Crippen MR) is 70.1 cm³/mol. The van der Waals surface area contributed by atoms with E-state index >= 15 is 0 Å². The Morgan fingerprint density at radius 2 is 1.83 bits per heavy atom. The molecular formula is C12H17IN2O2S. The predicted octanol–water partition coefficient (Wildman–Crippen LogP) is -1.33. The van der Waals surface area contributed by atoms with Crippen LogP contribution in [-0.4, -0.2) is 53.9 Å². The molecule has 0 bridgehead atoms. The van der Waals surface area contributed by atoms with Gasteiger partial charge in [-0.3, -0.25) is 9.48 Å². The Kier molecular flexibility index (Phi) is 7.30. The van der Waals surface area contributed by atoms with E-state index in [9.17, 15) is 4.79 Å². The second kappa shape index (κ2) is 7.63. The number of carbonyl (C=O) groups is 1. The number of thioether (sulfide) groups is 1. The lowest BCUT2D eigenvalue weighted by Crippen LogP contribution is -3.00. The standard InChI is InChI=1S/C12H16N2O2S.HI/c1-13(2)12(14(3)4)17-10-8-6-5-7-9(10)11(15)16;/h5-8H,1-4H3;1H. The number of rotatable bonds is 2. The molecule has 0 aliphatic carbocycles. The number of carboxylic acids is 1. The van der Waals surface area contributed by atoms with Gasteiger partial charge in [0, 0.05) is 4.90 Å². The number of amidine groups is 1. The molecule has 100 valence electrons. The summed E-state index contributed by atoms with van der Waals surface area (Å²) < 4.78 is 1.96. The van der Waals surface area contributed by atoms with Gasteiger partial charge in [0.25, 0.3) is 0 Å². The van der Waals surface area contributed by atoms with Gasteiger partial charge >= 0.3 is 11.1 Å². The van der Waals surface area contributed by atoms with Gasteiger partial charge in [0.2, 0.25) is 0 Å². The van der Waals surface area contributed by atoms with Gasteiger partial charge < -0.3 is 29.1 Å². The summed E-state index contributed by atoms with van der Waals surface area (Å²) in [7, 11) is 7.74. The monoisotopic (exact) mass is 380 g/mol. The fraction of sp³-hybridized carbons (Fsp3) is 0.333.